The van der Waals surface area contributed by atoms with Crippen molar-refractivity contribution >= 4 is 0 Å². The summed E-state index contributed by atoms with van der Waals surface area (Å²) >= 11 is 0. The van der Waals surface area contributed by atoms with Crippen molar-refractivity contribution in [3.63, 3.8) is 0 Å². The van der Waals surface area contributed by atoms with Crippen LogP contribution in [0, 0.1) is 12.7 Å². The Bertz CT molecular complexity index is 1050. The molecule has 0 aliphatic carbocycles. The van der Waals surface area contributed by atoms with Crippen LogP contribution in [-0.2, 0) is 6.54 Å². The Morgan fingerprint density at radius 2 is 1.86 bits per heavy atom. The molecular weight excluding hydrogens is 353 g/mol. The second kappa shape index (κ2) is 7.78. The second-order valence-electron chi connectivity index (χ2n) is 6.80. The van der Waals surface area contributed by atoms with Crippen LogP contribution in [0.25, 0.3) is 11.4 Å². The van der Waals surface area contributed by atoms with Crippen LogP contribution in [0.4, 0.5) is 4.39 Å². The predicted molar refractivity (Wildman–Crippen MR) is 107 cm³/mol. The van der Waals surface area contributed by atoms with Gasteiger partial charge >= 0.3 is 0 Å². The molecule has 2 aromatic carbocycles. The van der Waals surface area contributed by atoms with Crippen LogP contribution in [-0.4, -0.2) is 19.6 Å². The lowest BCUT2D eigenvalue weighted by atomic mass is 10.1. The van der Waals surface area contributed by atoms with E-state index in [2.05, 4.69) is 46.7 Å². The zero-order valence-corrected chi connectivity index (χ0v) is 15.9. The van der Waals surface area contributed by atoms with Crippen LogP contribution in [0.1, 0.15) is 29.8 Å². The highest BCUT2D eigenvalue weighted by Gasteiger charge is 2.14. The summed E-state index contributed by atoms with van der Waals surface area (Å²) in [6, 6.07) is 16.8. The third-order valence-corrected chi connectivity index (χ3v) is 4.88. The summed E-state index contributed by atoms with van der Waals surface area (Å²) in [4.78, 5) is 0. The fraction of sp³-hybridized carbons (Fsp3) is 0.182. The Morgan fingerprint density at radius 3 is 2.57 bits per heavy atom. The molecule has 0 aliphatic rings. The molecule has 0 spiro atoms. The maximum atomic E-state index is 13.5. The van der Waals surface area contributed by atoms with Gasteiger partial charge in [-0.05, 0) is 55.8 Å². The molecule has 2 heterocycles. The highest BCUT2D eigenvalue weighted by Crippen LogP contribution is 2.21. The maximum absolute atomic E-state index is 13.5. The van der Waals surface area contributed by atoms with Gasteiger partial charge in [0.05, 0.1) is 17.6 Å². The van der Waals surface area contributed by atoms with E-state index in [0.717, 1.165) is 29.2 Å². The fourth-order valence-electron chi connectivity index (χ4n) is 3.28. The number of halogens is 1. The van der Waals surface area contributed by atoms with E-state index in [4.69, 9.17) is 0 Å². The quantitative estimate of drug-likeness (QED) is 0.545. The molecule has 0 amide bonds. The summed E-state index contributed by atoms with van der Waals surface area (Å²) in [6.45, 7) is 4.85. The molecule has 0 unspecified atom stereocenters. The smallest absolute Gasteiger partial charge is 0.125 e. The molecule has 6 heteroatoms. The summed E-state index contributed by atoms with van der Waals surface area (Å²) in [5.41, 5.74) is 5.05. The molecule has 1 N–H and O–H groups in total. The first kappa shape index (κ1) is 18.1. The molecule has 1 atom stereocenters. The lowest BCUT2D eigenvalue weighted by Crippen LogP contribution is -2.18. The third kappa shape index (κ3) is 3.73. The van der Waals surface area contributed by atoms with Gasteiger partial charge in [0.25, 0.3) is 0 Å². The van der Waals surface area contributed by atoms with Crippen LogP contribution < -0.4 is 5.32 Å². The molecule has 4 rings (SSSR count). The van der Waals surface area contributed by atoms with E-state index in [1.807, 2.05) is 36.1 Å². The molecule has 2 aromatic heterocycles. The molecular formula is C22H22FN5. The van der Waals surface area contributed by atoms with Crippen molar-refractivity contribution in [1.82, 2.24) is 24.9 Å². The Balaban J connectivity index is 1.43. The highest BCUT2D eigenvalue weighted by molar-refractivity contribution is 5.36. The Kier molecular flexibility index (Phi) is 5.04. The molecule has 0 aliphatic heterocycles. The number of nitrogens with one attached hydrogen (secondary N) is 1. The van der Waals surface area contributed by atoms with E-state index in [9.17, 15) is 4.39 Å². The minimum absolute atomic E-state index is 0.119. The van der Waals surface area contributed by atoms with Crippen molar-refractivity contribution in [1.29, 1.82) is 0 Å². The van der Waals surface area contributed by atoms with E-state index in [0.29, 0.717) is 0 Å². The number of hydrogen-bond acceptors (Lipinski definition) is 3. The minimum Gasteiger partial charge on any atom is -0.306 e. The molecule has 0 fully saturated rings. The first-order valence-electron chi connectivity index (χ1n) is 9.24. The summed E-state index contributed by atoms with van der Waals surface area (Å²) < 4.78 is 17.1. The van der Waals surface area contributed by atoms with E-state index < -0.39 is 0 Å². The first-order chi connectivity index (χ1) is 13.6. The van der Waals surface area contributed by atoms with E-state index in [1.54, 1.807) is 16.9 Å². The van der Waals surface area contributed by atoms with Gasteiger partial charge in [0.1, 0.15) is 5.82 Å². The summed E-state index contributed by atoms with van der Waals surface area (Å²) in [5.74, 6) is -0.265. The molecule has 0 saturated carbocycles. The lowest BCUT2D eigenvalue weighted by Gasteiger charge is -2.14. The van der Waals surface area contributed by atoms with E-state index in [-0.39, 0.29) is 11.9 Å². The number of hydrogen-bond donors (Lipinski definition) is 1. The summed E-state index contributed by atoms with van der Waals surface area (Å²) in [6.07, 6.45) is 5.54. The molecule has 5 nitrogen and oxygen atoms in total. The van der Waals surface area contributed by atoms with Crippen molar-refractivity contribution in [2.45, 2.75) is 26.4 Å². The number of nitrogens with zero attached hydrogens (tertiary/aromatic N) is 4. The van der Waals surface area contributed by atoms with Gasteiger partial charge in [0.2, 0.25) is 0 Å². The monoisotopic (exact) mass is 375 g/mol. The Labute approximate surface area is 163 Å². The topological polar surface area (TPSA) is 47.7 Å². The molecule has 4 aromatic rings. The number of aromatic nitrogens is 4. The van der Waals surface area contributed by atoms with E-state index >= 15 is 0 Å². The molecule has 28 heavy (non-hydrogen) atoms. The first-order valence-corrected chi connectivity index (χ1v) is 9.24. The number of rotatable bonds is 6. The van der Waals surface area contributed by atoms with Gasteiger partial charge < -0.3 is 5.32 Å². The van der Waals surface area contributed by atoms with Crippen molar-refractivity contribution in [2.75, 3.05) is 0 Å². The van der Waals surface area contributed by atoms with Gasteiger partial charge in [-0.3, -0.25) is 0 Å². The summed E-state index contributed by atoms with van der Waals surface area (Å²) in [5, 5.41) is 12.2. The van der Waals surface area contributed by atoms with Crippen LogP contribution in [0.5, 0.6) is 0 Å². The van der Waals surface area contributed by atoms with Gasteiger partial charge in [-0.15, -0.1) is 0 Å². The van der Waals surface area contributed by atoms with Crippen LogP contribution in [0.3, 0.4) is 0 Å². The van der Waals surface area contributed by atoms with Gasteiger partial charge in [0.15, 0.2) is 0 Å². The zero-order chi connectivity index (χ0) is 19.5. The maximum Gasteiger partial charge on any atom is 0.125 e. The zero-order valence-electron chi connectivity index (χ0n) is 15.9. The van der Waals surface area contributed by atoms with Crippen molar-refractivity contribution < 1.29 is 4.39 Å². The number of benzene rings is 2. The SMILES string of the molecule is Cc1c([C@H](C)NCc2ccc(-n3cccn3)cc2)cnn1-c1cccc(F)c1. The standard InChI is InChI=1S/C22H22FN5/c1-16(22-15-26-28(17(22)2)21-6-3-5-19(23)13-21)24-14-18-7-9-20(10-8-18)27-12-4-11-25-27/h3-13,15-16,24H,14H2,1-2H3/t16-/m0/s1. The Hall–Kier alpha value is -3.25. The van der Waals surface area contributed by atoms with Crippen LogP contribution >= 0.6 is 0 Å². The highest BCUT2D eigenvalue weighted by atomic mass is 19.1. The van der Waals surface area contributed by atoms with Gasteiger partial charge in [-0.25, -0.2) is 13.8 Å². The van der Waals surface area contributed by atoms with Crippen LogP contribution in [0.2, 0.25) is 0 Å². The minimum atomic E-state index is -0.265. The van der Waals surface area contributed by atoms with Crippen molar-refractivity contribution in [3.05, 3.63) is 95.8 Å². The van der Waals surface area contributed by atoms with Crippen LogP contribution in [0.15, 0.2) is 73.2 Å². The molecule has 142 valence electrons. The van der Waals surface area contributed by atoms with Crippen molar-refractivity contribution in [3.8, 4) is 11.4 Å². The molecule has 0 bridgehead atoms. The normalized spacial score (nSPS) is 12.2. The van der Waals surface area contributed by atoms with Gasteiger partial charge in [-0.2, -0.15) is 10.2 Å². The van der Waals surface area contributed by atoms with Gasteiger partial charge in [0, 0.05) is 36.2 Å². The van der Waals surface area contributed by atoms with Gasteiger partial charge in [-0.1, -0.05) is 18.2 Å². The van der Waals surface area contributed by atoms with E-state index in [1.165, 1.54) is 17.7 Å². The lowest BCUT2D eigenvalue weighted by molar-refractivity contribution is 0.571. The summed E-state index contributed by atoms with van der Waals surface area (Å²) in [7, 11) is 0. The Morgan fingerprint density at radius 1 is 1.04 bits per heavy atom. The molecule has 0 radical (unpaired) electrons. The van der Waals surface area contributed by atoms with Crippen molar-refractivity contribution in [2.24, 2.45) is 0 Å². The predicted octanol–water partition coefficient (Wildman–Crippen LogP) is 4.36. The third-order valence-electron chi connectivity index (χ3n) is 4.88. The molecule has 0 saturated heterocycles. The average molecular weight is 375 g/mol. The largest absolute Gasteiger partial charge is 0.306 e. The average Bonchev–Trinajstić information content (AvgIpc) is 3.36. The fourth-order valence-corrected chi connectivity index (χ4v) is 3.28. The second-order valence-corrected chi connectivity index (χ2v) is 6.80.